The van der Waals surface area contributed by atoms with Gasteiger partial charge in [0.15, 0.2) is 0 Å². The lowest BCUT2D eigenvalue weighted by Gasteiger charge is -2.50. The van der Waals surface area contributed by atoms with Gasteiger partial charge in [0.25, 0.3) is 0 Å². The quantitative estimate of drug-likeness (QED) is 0.706. The van der Waals surface area contributed by atoms with Gasteiger partial charge in [-0.1, -0.05) is 25.7 Å². The maximum atomic E-state index is 3.77. The second-order valence-corrected chi connectivity index (χ2v) is 7.44. The molecule has 2 fully saturated rings. The third-order valence-electron chi connectivity index (χ3n) is 4.21. The summed E-state index contributed by atoms with van der Waals surface area (Å²) in [5, 5.41) is 3.77. The third-order valence-corrected chi connectivity index (χ3v) is 4.21. The molecule has 0 aromatic rings. The van der Waals surface area contributed by atoms with Crippen LogP contribution in [0.5, 0.6) is 0 Å². The monoisotopic (exact) mass is 238 g/mol. The highest BCUT2D eigenvalue weighted by Crippen LogP contribution is 2.28. The van der Waals surface area contributed by atoms with Crippen molar-refractivity contribution in [1.82, 2.24) is 10.2 Å². The Kier molecular flexibility index (Phi) is 3.84. The van der Waals surface area contributed by atoms with Crippen LogP contribution in [-0.4, -0.2) is 35.1 Å². The maximum Gasteiger partial charge on any atom is 0.0257 e. The third kappa shape index (κ3) is 3.69. The van der Waals surface area contributed by atoms with Crippen LogP contribution in [0.2, 0.25) is 0 Å². The van der Waals surface area contributed by atoms with Gasteiger partial charge in [-0.3, -0.25) is 4.90 Å². The van der Waals surface area contributed by atoms with E-state index >= 15 is 0 Å². The fourth-order valence-corrected chi connectivity index (χ4v) is 3.95. The van der Waals surface area contributed by atoms with Gasteiger partial charge >= 0.3 is 0 Å². The summed E-state index contributed by atoms with van der Waals surface area (Å²) in [5.74, 6) is 0. The molecule has 0 spiro atoms. The molecular formula is C15H30N2. The molecule has 2 heteroatoms. The predicted molar refractivity (Wildman–Crippen MR) is 74.4 cm³/mol. The molecule has 1 aliphatic carbocycles. The number of rotatable bonds is 1. The zero-order valence-corrected chi connectivity index (χ0v) is 12.2. The van der Waals surface area contributed by atoms with Gasteiger partial charge in [-0.25, -0.2) is 0 Å². The van der Waals surface area contributed by atoms with Crippen LogP contribution >= 0.6 is 0 Å². The SMILES string of the molecule is CC1(C)CN(C2CCCCCC2)CC(C)(C)N1. The first-order valence-electron chi connectivity index (χ1n) is 7.41. The van der Waals surface area contributed by atoms with Crippen molar-refractivity contribution >= 4 is 0 Å². The number of hydrogen-bond donors (Lipinski definition) is 1. The van der Waals surface area contributed by atoms with Crippen LogP contribution < -0.4 is 5.32 Å². The average Bonchev–Trinajstić information content (AvgIpc) is 2.40. The molecule has 100 valence electrons. The molecule has 0 aromatic heterocycles. The highest BCUT2D eigenvalue weighted by molar-refractivity contribution is 4.99. The summed E-state index contributed by atoms with van der Waals surface area (Å²) in [6.07, 6.45) is 8.63. The summed E-state index contributed by atoms with van der Waals surface area (Å²) in [5.41, 5.74) is 0.516. The molecule has 1 aliphatic heterocycles. The van der Waals surface area contributed by atoms with E-state index in [4.69, 9.17) is 0 Å². The van der Waals surface area contributed by atoms with Crippen LogP contribution in [0.1, 0.15) is 66.2 Å². The van der Waals surface area contributed by atoms with Crippen molar-refractivity contribution in [2.45, 2.75) is 83.3 Å². The maximum absolute atomic E-state index is 3.77. The molecule has 0 amide bonds. The van der Waals surface area contributed by atoms with Crippen LogP contribution in [0.25, 0.3) is 0 Å². The standard InChI is InChI=1S/C15H30N2/c1-14(2)11-17(12-15(3,4)16-14)13-9-7-5-6-8-10-13/h13,16H,5-12H2,1-4H3. The van der Waals surface area contributed by atoms with Gasteiger partial charge in [-0.15, -0.1) is 0 Å². The van der Waals surface area contributed by atoms with E-state index in [-0.39, 0.29) is 11.1 Å². The summed E-state index contributed by atoms with van der Waals surface area (Å²) < 4.78 is 0. The van der Waals surface area contributed by atoms with Gasteiger partial charge in [0.1, 0.15) is 0 Å². The van der Waals surface area contributed by atoms with Gasteiger partial charge < -0.3 is 5.32 Å². The van der Waals surface area contributed by atoms with Gasteiger partial charge in [-0.2, -0.15) is 0 Å². The minimum absolute atomic E-state index is 0.258. The van der Waals surface area contributed by atoms with E-state index in [1.807, 2.05) is 0 Å². The largest absolute Gasteiger partial charge is 0.304 e. The predicted octanol–water partition coefficient (Wildman–Crippen LogP) is 3.17. The Morgan fingerprint density at radius 3 is 1.76 bits per heavy atom. The Morgan fingerprint density at radius 2 is 1.29 bits per heavy atom. The minimum atomic E-state index is 0.258. The average molecular weight is 238 g/mol. The summed E-state index contributed by atoms with van der Waals surface area (Å²) in [6, 6.07) is 0.846. The highest BCUT2D eigenvalue weighted by atomic mass is 15.3. The lowest BCUT2D eigenvalue weighted by Crippen LogP contribution is -2.68. The normalized spacial score (nSPS) is 31.1. The topological polar surface area (TPSA) is 15.3 Å². The summed E-state index contributed by atoms with van der Waals surface area (Å²) in [4.78, 5) is 2.77. The molecule has 17 heavy (non-hydrogen) atoms. The fraction of sp³-hybridized carbons (Fsp3) is 1.00. The number of nitrogens with zero attached hydrogens (tertiary/aromatic N) is 1. The van der Waals surface area contributed by atoms with E-state index in [0.29, 0.717) is 0 Å². The van der Waals surface area contributed by atoms with E-state index in [1.165, 1.54) is 51.6 Å². The Hall–Kier alpha value is -0.0800. The van der Waals surface area contributed by atoms with Gasteiger partial charge in [0, 0.05) is 30.2 Å². The van der Waals surface area contributed by atoms with Crippen molar-refractivity contribution in [3.8, 4) is 0 Å². The Balaban J connectivity index is 2.03. The number of nitrogens with one attached hydrogen (secondary N) is 1. The molecule has 1 N–H and O–H groups in total. The molecule has 0 aromatic carbocycles. The van der Waals surface area contributed by atoms with E-state index in [9.17, 15) is 0 Å². The second kappa shape index (κ2) is 4.89. The minimum Gasteiger partial charge on any atom is -0.304 e. The second-order valence-electron chi connectivity index (χ2n) is 7.44. The molecule has 2 aliphatic rings. The molecule has 1 saturated heterocycles. The first-order chi connectivity index (χ1) is 7.88. The van der Waals surface area contributed by atoms with Gasteiger partial charge in [0.05, 0.1) is 0 Å². The van der Waals surface area contributed by atoms with Crippen molar-refractivity contribution in [3.63, 3.8) is 0 Å². The molecular weight excluding hydrogens is 208 g/mol. The lowest BCUT2D eigenvalue weighted by atomic mass is 9.89. The molecule has 0 atom stereocenters. The highest BCUT2D eigenvalue weighted by Gasteiger charge is 2.38. The van der Waals surface area contributed by atoms with Crippen molar-refractivity contribution in [2.75, 3.05) is 13.1 Å². The fourth-order valence-electron chi connectivity index (χ4n) is 3.95. The molecule has 0 bridgehead atoms. The summed E-state index contributed by atoms with van der Waals surface area (Å²) in [6.45, 7) is 11.8. The molecule has 2 rings (SSSR count). The molecule has 1 saturated carbocycles. The van der Waals surface area contributed by atoms with Crippen LogP contribution in [0.15, 0.2) is 0 Å². The molecule has 0 unspecified atom stereocenters. The zero-order chi connectivity index (χ0) is 12.5. The first-order valence-corrected chi connectivity index (χ1v) is 7.41. The van der Waals surface area contributed by atoms with Crippen LogP contribution in [0.4, 0.5) is 0 Å². The number of hydrogen-bond acceptors (Lipinski definition) is 2. The first kappa shape index (κ1) is 13.4. The van der Waals surface area contributed by atoms with Crippen LogP contribution in [0.3, 0.4) is 0 Å². The smallest absolute Gasteiger partial charge is 0.0257 e. The van der Waals surface area contributed by atoms with Crippen molar-refractivity contribution in [3.05, 3.63) is 0 Å². The van der Waals surface area contributed by atoms with E-state index in [0.717, 1.165) is 6.04 Å². The van der Waals surface area contributed by atoms with Gasteiger partial charge in [0.2, 0.25) is 0 Å². The summed E-state index contributed by atoms with van der Waals surface area (Å²) >= 11 is 0. The number of piperazine rings is 1. The Labute approximate surface area is 107 Å². The lowest BCUT2D eigenvalue weighted by molar-refractivity contribution is 0.0406. The van der Waals surface area contributed by atoms with Crippen molar-refractivity contribution in [2.24, 2.45) is 0 Å². The van der Waals surface area contributed by atoms with Crippen molar-refractivity contribution in [1.29, 1.82) is 0 Å². The van der Waals surface area contributed by atoms with Crippen LogP contribution in [0, 0.1) is 0 Å². The van der Waals surface area contributed by atoms with E-state index in [2.05, 4.69) is 37.9 Å². The van der Waals surface area contributed by atoms with Gasteiger partial charge in [-0.05, 0) is 40.5 Å². The summed E-state index contributed by atoms with van der Waals surface area (Å²) in [7, 11) is 0. The van der Waals surface area contributed by atoms with Crippen molar-refractivity contribution < 1.29 is 0 Å². The molecule has 0 radical (unpaired) electrons. The Bertz CT molecular complexity index is 234. The molecule has 1 heterocycles. The van der Waals surface area contributed by atoms with E-state index in [1.54, 1.807) is 0 Å². The zero-order valence-electron chi connectivity index (χ0n) is 12.2. The van der Waals surface area contributed by atoms with Crippen LogP contribution in [-0.2, 0) is 0 Å². The van der Waals surface area contributed by atoms with E-state index < -0.39 is 0 Å². The Morgan fingerprint density at radius 1 is 0.824 bits per heavy atom. The molecule has 2 nitrogen and oxygen atoms in total.